The van der Waals surface area contributed by atoms with Gasteiger partial charge in [-0.25, -0.2) is 4.39 Å². The van der Waals surface area contributed by atoms with Crippen LogP contribution in [0.5, 0.6) is 0 Å². The van der Waals surface area contributed by atoms with Crippen molar-refractivity contribution in [3.8, 4) is 0 Å². The molecule has 1 atom stereocenters. The van der Waals surface area contributed by atoms with Gasteiger partial charge >= 0.3 is 0 Å². The third kappa shape index (κ3) is 5.97. The number of aliphatic hydroxyl groups is 1. The summed E-state index contributed by atoms with van der Waals surface area (Å²) in [6.45, 7) is 5.97. The summed E-state index contributed by atoms with van der Waals surface area (Å²) >= 11 is 0. The van der Waals surface area contributed by atoms with Gasteiger partial charge < -0.3 is 10.4 Å². The van der Waals surface area contributed by atoms with E-state index in [-0.39, 0.29) is 18.3 Å². The second-order valence-electron chi connectivity index (χ2n) is 5.37. The lowest BCUT2D eigenvalue weighted by atomic mass is 10.1. The van der Waals surface area contributed by atoms with Crippen LogP contribution >= 0.6 is 0 Å². The van der Waals surface area contributed by atoms with Crippen LogP contribution in [0.15, 0.2) is 29.8 Å². The maximum Gasteiger partial charge on any atom is 0.247 e. The van der Waals surface area contributed by atoms with Gasteiger partial charge in [0.25, 0.3) is 0 Å². The molecule has 3 nitrogen and oxygen atoms in total. The van der Waals surface area contributed by atoms with E-state index < -0.39 is 6.10 Å². The largest absolute Gasteiger partial charge is 0.391 e. The molecule has 0 radical (unpaired) electrons. The van der Waals surface area contributed by atoms with Gasteiger partial charge in [-0.05, 0) is 43.0 Å². The first kappa shape index (κ1) is 16.4. The van der Waals surface area contributed by atoms with Crippen molar-refractivity contribution >= 4 is 12.0 Å². The summed E-state index contributed by atoms with van der Waals surface area (Å²) < 4.78 is 12.8. The third-order valence-corrected chi connectivity index (χ3v) is 2.85. The van der Waals surface area contributed by atoms with Crippen LogP contribution in [0.2, 0.25) is 0 Å². The molecule has 1 rings (SSSR count). The van der Waals surface area contributed by atoms with E-state index >= 15 is 0 Å². The predicted octanol–water partition coefficient (Wildman–Crippen LogP) is 2.75. The molecular formula is C16H22FNO2. The Morgan fingerprint density at radius 1 is 1.35 bits per heavy atom. The van der Waals surface area contributed by atoms with Gasteiger partial charge in [0.05, 0.1) is 6.10 Å². The van der Waals surface area contributed by atoms with Crippen molar-refractivity contribution < 1.29 is 14.3 Å². The number of nitrogens with one attached hydrogen (secondary N) is 1. The summed E-state index contributed by atoms with van der Waals surface area (Å²) in [6.07, 6.45) is 1.81. The maximum absolute atomic E-state index is 12.8. The Bertz CT molecular complexity index is 466. The molecule has 0 spiro atoms. The molecule has 1 aromatic carbocycles. The van der Waals surface area contributed by atoms with Gasteiger partial charge in [0.15, 0.2) is 0 Å². The van der Waals surface area contributed by atoms with Crippen molar-refractivity contribution in [2.75, 3.05) is 6.54 Å². The van der Waals surface area contributed by atoms with Crippen molar-refractivity contribution in [3.05, 3.63) is 41.2 Å². The molecule has 0 bridgehead atoms. The van der Waals surface area contributed by atoms with E-state index in [2.05, 4.69) is 5.32 Å². The van der Waals surface area contributed by atoms with Gasteiger partial charge in [0.2, 0.25) is 5.91 Å². The summed E-state index contributed by atoms with van der Waals surface area (Å²) in [6, 6.07) is 5.92. The fourth-order valence-electron chi connectivity index (χ4n) is 1.85. The molecule has 1 unspecified atom stereocenters. The fourth-order valence-corrected chi connectivity index (χ4v) is 1.85. The van der Waals surface area contributed by atoms with E-state index in [1.54, 1.807) is 25.1 Å². The van der Waals surface area contributed by atoms with Crippen LogP contribution in [-0.4, -0.2) is 23.7 Å². The molecule has 1 amide bonds. The number of hydrogen-bond donors (Lipinski definition) is 2. The molecule has 0 saturated carbocycles. The van der Waals surface area contributed by atoms with Gasteiger partial charge in [-0.15, -0.1) is 0 Å². The minimum atomic E-state index is -0.530. The standard InChI is InChI=1S/C16H22FNO2/c1-11(2)8-15(19)10-18-16(20)12(3)9-13-4-6-14(17)7-5-13/h4-7,9,11,15,19H,8,10H2,1-3H3,(H,18,20)/b12-9+. The van der Waals surface area contributed by atoms with E-state index in [1.165, 1.54) is 12.1 Å². The van der Waals surface area contributed by atoms with Crippen LogP contribution in [0.1, 0.15) is 32.8 Å². The number of carbonyl (C=O) groups is 1. The summed E-state index contributed by atoms with van der Waals surface area (Å²) in [5.41, 5.74) is 1.29. The molecule has 110 valence electrons. The summed E-state index contributed by atoms with van der Waals surface area (Å²) in [7, 11) is 0. The van der Waals surface area contributed by atoms with Crippen LogP contribution in [-0.2, 0) is 4.79 Å². The molecule has 4 heteroatoms. The van der Waals surface area contributed by atoms with Crippen LogP contribution < -0.4 is 5.32 Å². The van der Waals surface area contributed by atoms with Gasteiger partial charge in [-0.3, -0.25) is 4.79 Å². The lowest BCUT2D eigenvalue weighted by Gasteiger charge is -2.14. The monoisotopic (exact) mass is 279 g/mol. The molecule has 2 N–H and O–H groups in total. The van der Waals surface area contributed by atoms with Crippen LogP contribution in [0, 0.1) is 11.7 Å². The number of benzene rings is 1. The molecule has 0 fully saturated rings. The summed E-state index contributed by atoms with van der Waals surface area (Å²) in [5.74, 6) is -0.143. The number of rotatable bonds is 6. The minimum absolute atomic E-state index is 0.225. The first-order valence-electron chi connectivity index (χ1n) is 6.78. The van der Waals surface area contributed by atoms with E-state index in [0.29, 0.717) is 17.9 Å². The Morgan fingerprint density at radius 2 is 1.95 bits per heavy atom. The number of halogens is 1. The first-order valence-corrected chi connectivity index (χ1v) is 6.78. The maximum atomic E-state index is 12.8. The number of hydrogen-bond acceptors (Lipinski definition) is 2. The zero-order valence-electron chi connectivity index (χ0n) is 12.2. The first-order chi connectivity index (χ1) is 9.38. The van der Waals surface area contributed by atoms with Crippen molar-refractivity contribution in [1.82, 2.24) is 5.32 Å². The Morgan fingerprint density at radius 3 is 2.50 bits per heavy atom. The Balaban J connectivity index is 2.52. The highest BCUT2D eigenvalue weighted by molar-refractivity contribution is 5.97. The number of aliphatic hydroxyl groups excluding tert-OH is 1. The highest BCUT2D eigenvalue weighted by Crippen LogP contribution is 2.08. The van der Waals surface area contributed by atoms with Crippen molar-refractivity contribution in [3.63, 3.8) is 0 Å². The molecule has 0 aliphatic rings. The normalized spacial score (nSPS) is 13.4. The number of carbonyl (C=O) groups excluding carboxylic acids is 1. The average molecular weight is 279 g/mol. The van der Waals surface area contributed by atoms with Crippen LogP contribution in [0.25, 0.3) is 6.08 Å². The van der Waals surface area contributed by atoms with E-state index in [0.717, 1.165) is 5.56 Å². The summed E-state index contributed by atoms with van der Waals surface area (Å²) in [5, 5.41) is 12.4. The van der Waals surface area contributed by atoms with Crippen molar-refractivity contribution in [1.29, 1.82) is 0 Å². The fraction of sp³-hybridized carbons (Fsp3) is 0.438. The SMILES string of the molecule is C/C(=C\c1ccc(F)cc1)C(=O)NCC(O)CC(C)C. The van der Waals surface area contributed by atoms with E-state index in [4.69, 9.17) is 0 Å². The Hall–Kier alpha value is -1.68. The number of amides is 1. The predicted molar refractivity (Wildman–Crippen MR) is 78.5 cm³/mol. The second-order valence-corrected chi connectivity index (χ2v) is 5.37. The van der Waals surface area contributed by atoms with Gasteiger partial charge in [-0.2, -0.15) is 0 Å². The average Bonchev–Trinajstić information content (AvgIpc) is 2.37. The minimum Gasteiger partial charge on any atom is -0.391 e. The van der Waals surface area contributed by atoms with Gasteiger partial charge in [-0.1, -0.05) is 26.0 Å². The van der Waals surface area contributed by atoms with Gasteiger partial charge in [0, 0.05) is 12.1 Å². The van der Waals surface area contributed by atoms with Crippen molar-refractivity contribution in [2.24, 2.45) is 5.92 Å². The highest BCUT2D eigenvalue weighted by atomic mass is 19.1. The third-order valence-electron chi connectivity index (χ3n) is 2.85. The van der Waals surface area contributed by atoms with E-state index in [1.807, 2.05) is 13.8 Å². The topological polar surface area (TPSA) is 49.3 Å². The molecule has 20 heavy (non-hydrogen) atoms. The zero-order valence-corrected chi connectivity index (χ0v) is 12.2. The summed E-state index contributed by atoms with van der Waals surface area (Å²) in [4.78, 5) is 11.8. The van der Waals surface area contributed by atoms with E-state index in [9.17, 15) is 14.3 Å². The lowest BCUT2D eigenvalue weighted by molar-refractivity contribution is -0.117. The van der Waals surface area contributed by atoms with Gasteiger partial charge in [0.1, 0.15) is 5.82 Å². The molecule has 1 aromatic rings. The quantitative estimate of drug-likeness (QED) is 0.787. The molecule has 0 aromatic heterocycles. The lowest BCUT2D eigenvalue weighted by Crippen LogP contribution is -2.33. The van der Waals surface area contributed by atoms with Crippen LogP contribution in [0.4, 0.5) is 4.39 Å². The smallest absolute Gasteiger partial charge is 0.247 e. The Kier molecular flexibility index (Phi) is 6.39. The van der Waals surface area contributed by atoms with Crippen molar-refractivity contribution in [2.45, 2.75) is 33.3 Å². The highest BCUT2D eigenvalue weighted by Gasteiger charge is 2.10. The zero-order chi connectivity index (χ0) is 15.1. The molecule has 0 aliphatic carbocycles. The van der Waals surface area contributed by atoms with Crippen LogP contribution in [0.3, 0.4) is 0 Å². The molecule has 0 saturated heterocycles. The second kappa shape index (κ2) is 7.80. The molecule has 0 aliphatic heterocycles. The Labute approximate surface area is 119 Å². The molecule has 0 heterocycles. The molecular weight excluding hydrogens is 257 g/mol.